The highest BCUT2D eigenvalue weighted by atomic mass is 16.2. The van der Waals surface area contributed by atoms with E-state index in [2.05, 4.69) is 5.32 Å². The summed E-state index contributed by atoms with van der Waals surface area (Å²) in [7, 11) is 0. The lowest BCUT2D eigenvalue weighted by Gasteiger charge is -2.33. The number of nitrogens with zero attached hydrogens (tertiary/aromatic N) is 2. The quantitative estimate of drug-likeness (QED) is 0.653. The van der Waals surface area contributed by atoms with E-state index < -0.39 is 0 Å². The third kappa shape index (κ3) is 5.02. The molecule has 1 N–H and O–H groups in total. The van der Waals surface area contributed by atoms with Crippen molar-refractivity contribution in [3.63, 3.8) is 0 Å². The molecule has 7 nitrogen and oxygen atoms in total. The lowest BCUT2D eigenvalue weighted by molar-refractivity contribution is -0.135. The topological polar surface area (TPSA) is 86.8 Å². The fraction of sp³-hybridized carbons (Fsp3) is 0.368. The second-order valence-electron chi connectivity index (χ2n) is 6.25. The van der Waals surface area contributed by atoms with Gasteiger partial charge in [-0.3, -0.25) is 19.2 Å². The van der Waals surface area contributed by atoms with E-state index in [9.17, 15) is 19.2 Å². The van der Waals surface area contributed by atoms with E-state index in [1.165, 1.54) is 19.9 Å². The zero-order valence-electron chi connectivity index (χ0n) is 15.2. The maximum Gasteiger partial charge on any atom is 0.251 e. The molecule has 1 heterocycles. The van der Waals surface area contributed by atoms with Crippen LogP contribution in [0.25, 0.3) is 0 Å². The van der Waals surface area contributed by atoms with Crippen LogP contribution in [0.15, 0.2) is 35.9 Å². The van der Waals surface area contributed by atoms with Gasteiger partial charge in [-0.15, -0.1) is 0 Å². The zero-order valence-corrected chi connectivity index (χ0v) is 15.2. The van der Waals surface area contributed by atoms with E-state index in [4.69, 9.17) is 0 Å². The molecule has 138 valence electrons. The standard InChI is InChI=1S/C19H23N3O4/c1-13(12-18(25)22-10-8-21(9-11-22)15(3)24)19(26)20-17-6-4-16(5-7-17)14(2)23/h4-7,12H,8-11H2,1-3H3,(H,20,26)/b13-12-. The molecule has 2 rings (SSSR count). The molecule has 0 saturated carbocycles. The molecule has 1 fully saturated rings. The summed E-state index contributed by atoms with van der Waals surface area (Å²) >= 11 is 0. The SMILES string of the molecule is CC(=O)c1ccc(NC(=O)/C(C)=C\C(=O)N2CCN(C(C)=O)CC2)cc1. The van der Waals surface area contributed by atoms with E-state index in [1.807, 2.05) is 0 Å². The molecule has 1 aliphatic rings. The second kappa shape index (κ2) is 8.42. The van der Waals surface area contributed by atoms with Crippen molar-refractivity contribution in [3.8, 4) is 0 Å². The highest BCUT2D eigenvalue weighted by Gasteiger charge is 2.21. The summed E-state index contributed by atoms with van der Waals surface area (Å²) in [5, 5.41) is 2.70. The van der Waals surface area contributed by atoms with E-state index in [1.54, 1.807) is 41.0 Å². The van der Waals surface area contributed by atoms with E-state index in [-0.39, 0.29) is 23.5 Å². The van der Waals surface area contributed by atoms with Crippen LogP contribution < -0.4 is 5.32 Å². The number of carbonyl (C=O) groups is 4. The number of nitrogens with one attached hydrogen (secondary N) is 1. The van der Waals surface area contributed by atoms with E-state index in [0.29, 0.717) is 43.0 Å². The monoisotopic (exact) mass is 357 g/mol. The summed E-state index contributed by atoms with van der Waals surface area (Å²) in [5.74, 6) is -0.669. The molecular weight excluding hydrogens is 334 g/mol. The smallest absolute Gasteiger partial charge is 0.251 e. The first-order chi connectivity index (χ1) is 12.3. The summed E-state index contributed by atoms with van der Waals surface area (Å²) < 4.78 is 0. The van der Waals surface area contributed by atoms with Crippen LogP contribution in [0.5, 0.6) is 0 Å². The fourth-order valence-corrected chi connectivity index (χ4v) is 2.60. The van der Waals surface area contributed by atoms with Gasteiger partial charge in [0, 0.05) is 56.0 Å². The van der Waals surface area contributed by atoms with E-state index >= 15 is 0 Å². The normalized spacial score (nSPS) is 14.8. The maximum absolute atomic E-state index is 12.3. The first-order valence-electron chi connectivity index (χ1n) is 8.43. The number of rotatable bonds is 4. The van der Waals surface area contributed by atoms with Gasteiger partial charge in [-0.05, 0) is 38.1 Å². The second-order valence-corrected chi connectivity index (χ2v) is 6.25. The molecule has 0 aliphatic carbocycles. The first kappa shape index (κ1) is 19.4. The molecule has 1 aliphatic heterocycles. The lowest BCUT2D eigenvalue weighted by atomic mass is 10.1. The number of piperazine rings is 1. The van der Waals surface area contributed by atoms with Crippen molar-refractivity contribution < 1.29 is 19.2 Å². The van der Waals surface area contributed by atoms with Crippen molar-refractivity contribution in [3.05, 3.63) is 41.5 Å². The fourth-order valence-electron chi connectivity index (χ4n) is 2.60. The minimum Gasteiger partial charge on any atom is -0.339 e. The van der Waals surface area contributed by atoms with Crippen molar-refractivity contribution in [2.24, 2.45) is 0 Å². The Labute approximate surface area is 152 Å². The van der Waals surface area contributed by atoms with Gasteiger partial charge in [-0.2, -0.15) is 0 Å². The molecule has 3 amide bonds. The maximum atomic E-state index is 12.3. The van der Waals surface area contributed by atoms with Crippen LogP contribution in [0, 0.1) is 0 Å². The Balaban J connectivity index is 1.93. The van der Waals surface area contributed by atoms with Crippen molar-refractivity contribution in [1.82, 2.24) is 9.80 Å². The Kier molecular flexibility index (Phi) is 6.27. The molecule has 0 spiro atoms. The van der Waals surface area contributed by atoms with Crippen LogP contribution in [0.4, 0.5) is 5.69 Å². The Morgan fingerprint density at radius 2 is 1.42 bits per heavy atom. The van der Waals surface area contributed by atoms with Crippen LogP contribution in [0.2, 0.25) is 0 Å². The number of ketones is 1. The Bertz CT molecular complexity index is 745. The van der Waals surface area contributed by atoms with Gasteiger partial charge in [-0.25, -0.2) is 0 Å². The Morgan fingerprint density at radius 3 is 1.92 bits per heavy atom. The summed E-state index contributed by atoms with van der Waals surface area (Å²) in [6.45, 7) is 6.47. The Morgan fingerprint density at radius 1 is 0.885 bits per heavy atom. The minimum atomic E-state index is -0.378. The first-order valence-corrected chi connectivity index (χ1v) is 8.43. The van der Waals surface area contributed by atoms with Crippen LogP contribution in [-0.4, -0.2) is 59.5 Å². The number of hydrogen-bond acceptors (Lipinski definition) is 4. The molecule has 26 heavy (non-hydrogen) atoms. The van der Waals surface area contributed by atoms with Gasteiger partial charge in [0.15, 0.2) is 5.78 Å². The highest BCUT2D eigenvalue weighted by molar-refractivity contribution is 6.07. The van der Waals surface area contributed by atoms with Crippen molar-refractivity contribution in [1.29, 1.82) is 0 Å². The van der Waals surface area contributed by atoms with Gasteiger partial charge in [-0.1, -0.05) is 0 Å². The molecule has 0 bridgehead atoms. The highest BCUT2D eigenvalue weighted by Crippen LogP contribution is 2.12. The predicted octanol–water partition coefficient (Wildman–Crippen LogP) is 1.46. The molecule has 0 radical (unpaired) electrons. The van der Waals surface area contributed by atoms with Crippen molar-refractivity contribution in [2.45, 2.75) is 20.8 Å². The van der Waals surface area contributed by atoms with Gasteiger partial charge in [0.2, 0.25) is 11.8 Å². The number of Topliss-reactive ketones (excluding diaryl/α,β-unsaturated/α-hetero) is 1. The number of carbonyl (C=O) groups excluding carboxylic acids is 4. The van der Waals surface area contributed by atoms with Gasteiger partial charge >= 0.3 is 0 Å². The van der Waals surface area contributed by atoms with Crippen LogP contribution in [0.1, 0.15) is 31.1 Å². The molecule has 7 heteroatoms. The molecule has 0 aromatic heterocycles. The van der Waals surface area contributed by atoms with Gasteiger partial charge in [0.05, 0.1) is 0 Å². The third-order valence-electron chi connectivity index (χ3n) is 4.28. The summed E-state index contributed by atoms with van der Waals surface area (Å²) in [6, 6.07) is 6.56. The van der Waals surface area contributed by atoms with Crippen LogP contribution in [-0.2, 0) is 14.4 Å². The summed E-state index contributed by atoms with van der Waals surface area (Å²) in [4.78, 5) is 50.4. The van der Waals surface area contributed by atoms with Crippen molar-refractivity contribution >= 4 is 29.2 Å². The molecule has 0 unspecified atom stereocenters. The number of hydrogen-bond donors (Lipinski definition) is 1. The average Bonchev–Trinajstić information content (AvgIpc) is 2.62. The summed E-state index contributed by atoms with van der Waals surface area (Å²) in [5.41, 5.74) is 1.41. The minimum absolute atomic E-state index is 0.000934. The van der Waals surface area contributed by atoms with Crippen molar-refractivity contribution in [2.75, 3.05) is 31.5 Å². The largest absolute Gasteiger partial charge is 0.339 e. The molecule has 1 aromatic carbocycles. The zero-order chi connectivity index (χ0) is 19.3. The summed E-state index contributed by atoms with van der Waals surface area (Å²) in [6.07, 6.45) is 1.31. The molecule has 1 aromatic rings. The average molecular weight is 357 g/mol. The number of amides is 3. The van der Waals surface area contributed by atoms with Crippen LogP contribution >= 0.6 is 0 Å². The van der Waals surface area contributed by atoms with Gasteiger partial charge in [0.25, 0.3) is 5.91 Å². The van der Waals surface area contributed by atoms with Gasteiger partial charge in [0.1, 0.15) is 0 Å². The third-order valence-corrected chi connectivity index (χ3v) is 4.28. The van der Waals surface area contributed by atoms with Crippen LogP contribution in [0.3, 0.4) is 0 Å². The Hall–Kier alpha value is -2.96. The van der Waals surface area contributed by atoms with Gasteiger partial charge < -0.3 is 15.1 Å². The predicted molar refractivity (Wildman–Crippen MR) is 97.7 cm³/mol. The van der Waals surface area contributed by atoms with E-state index in [0.717, 1.165) is 0 Å². The molecule has 1 saturated heterocycles. The number of benzene rings is 1. The number of anilines is 1. The lowest BCUT2D eigenvalue weighted by Crippen LogP contribution is -2.49. The molecular formula is C19H23N3O4. The molecule has 0 atom stereocenters.